The van der Waals surface area contributed by atoms with Crippen molar-refractivity contribution in [3.8, 4) is 22.8 Å². The number of nitrogens with two attached hydrogens (primary N) is 1. The second-order valence-electron chi connectivity index (χ2n) is 5.75. The summed E-state index contributed by atoms with van der Waals surface area (Å²) in [5.74, 6) is 1.38. The van der Waals surface area contributed by atoms with Gasteiger partial charge in [-0.1, -0.05) is 0 Å². The minimum Gasteiger partial charge on any atom is -0.486 e. The van der Waals surface area contributed by atoms with Gasteiger partial charge in [-0.2, -0.15) is 0 Å². The lowest BCUT2D eigenvalue weighted by Crippen LogP contribution is -2.16. The molecule has 7 nitrogen and oxygen atoms in total. The average Bonchev–Trinajstić information content (AvgIpc) is 3.05. The first-order chi connectivity index (χ1) is 12.2. The number of ether oxygens (including phenoxy) is 2. The van der Waals surface area contributed by atoms with Gasteiger partial charge in [0, 0.05) is 30.9 Å². The monoisotopic (exact) mass is 338 g/mol. The Morgan fingerprint density at radius 2 is 2.00 bits per heavy atom. The molecule has 0 atom stereocenters. The van der Waals surface area contributed by atoms with Gasteiger partial charge in [-0.25, -0.2) is 4.98 Å². The van der Waals surface area contributed by atoms with Crippen molar-refractivity contribution in [3.63, 3.8) is 0 Å². The predicted molar refractivity (Wildman–Crippen MR) is 93.9 cm³/mol. The number of aromatic nitrogens is 2. The van der Waals surface area contributed by atoms with E-state index < -0.39 is 0 Å². The molecular weight excluding hydrogens is 320 g/mol. The van der Waals surface area contributed by atoms with Crippen molar-refractivity contribution < 1.29 is 14.3 Å². The van der Waals surface area contributed by atoms with E-state index in [-0.39, 0.29) is 5.91 Å². The minimum atomic E-state index is -0.103. The molecule has 7 heteroatoms. The number of nitrogens with zero attached hydrogens (tertiary/aromatic N) is 2. The lowest BCUT2D eigenvalue weighted by atomic mass is 10.1. The molecule has 1 aliphatic heterocycles. The molecule has 0 aliphatic carbocycles. The van der Waals surface area contributed by atoms with Gasteiger partial charge in [-0.3, -0.25) is 4.79 Å². The molecule has 0 unspecified atom stereocenters. The third-order valence-corrected chi connectivity index (χ3v) is 3.94. The molecule has 0 spiro atoms. The molecule has 0 saturated heterocycles. The maximum absolute atomic E-state index is 11.7. The first-order valence-electron chi connectivity index (χ1n) is 8.11. The standard InChI is InChI=1S/C18H18N4O3/c19-6-5-18(23)20-13-2-4-17-21-14(11-22(17)10-13)12-1-3-15-16(9-12)25-8-7-24-15/h1-4,9-11H,5-8,19H2,(H,20,23). The molecule has 0 fully saturated rings. The van der Waals surface area contributed by atoms with Crippen molar-refractivity contribution in [2.75, 3.05) is 25.1 Å². The van der Waals surface area contributed by atoms with E-state index in [4.69, 9.17) is 15.2 Å². The minimum absolute atomic E-state index is 0.103. The van der Waals surface area contributed by atoms with Crippen LogP contribution in [-0.2, 0) is 4.79 Å². The van der Waals surface area contributed by atoms with Crippen LogP contribution in [0.5, 0.6) is 11.5 Å². The number of fused-ring (bicyclic) bond motifs is 2. The summed E-state index contributed by atoms with van der Waals surface area (Å²) in [4.78, 5) is 16.3. The maximum Gasteiger partial charge on any atom is 0.225 e. The van der Waals surface area contributed by atoms with Crippen LogP contribution in [0.4, 0.5) is 5.69 Å². The fourth-order valence-electron chi connectivity index (χ4n) is 2.76. The van der Waals surface area contributed by atoms with Crippen LogP contribution in [0.1, 0.15) is 6.42 Å². The lowest BCUT2D eigenvalue weighted by molar-refractivity contribution is -0.116. The number of anilines is 1. The van der Waals surface area contributed by atoms with Crippen molar-refractivity contribution in [2.24, 2.45) is 5.73 Å². The number of amides is 1. The number of rotatable bonds is 4. The van der Waals surface area contributed by atoms with Crippen LogP contribution in [0.3, 0.4) is 0 Å². The summed E-state index contributed by atoms with van der Waals surface area (Å²) in [7, 11) is 0. The summed E-state index contributed by atoms with van der Waals surface area (Å²) in [6, 6.07) is 9.47. The molecule has 25 heavy (non-hydrogen) atoms. The number of hydrogen-bond acceptors (Lipinski definition) is 5. The van der Waals surface area contributed by atoms with Gasteiger partial charge in [0.25, 0.3) is 0 Å². The van der Waals surface area contributed by atoms with E-state index in [1.165, 1.54) is 0 Å². The van der Waals surface area contributed by atoms with Gasteiger partial charge in [0.1, 0.15) is 18.9 Å². The van der Waals surface area contributed by atoms with Crippen molar-refractivity contribution in [1.82, 2.24) is 9.38 Å². The third-order valence-electron chi connectivity index (χ3n) is 3.94. The van der Waals surface area contributed by atoms with Gasteiger partial charge in [0.2, 0.25) is 5.91 Å². The molecule has 3 N–H and O–H groups in total. The van der Waals surface area contributed by atoms with E-state index in [1.807, 2.05) is 47.1 Å². The zero-order valence-corrected chi connectivity index (χ0v) is 13.6. The highest BCUT2D eigenvalue weighted by Crippen LogP contribution is 2.34. The van der Waals surface area contributed by atoms with Gasteiger partial charge >= 0.3 is 0 Å². The highest BCUT2D eigenvalue weighted by Gasteiger charge is 2.14. The summed E-state index contributed by atoms with van der Waals surface area (Å²) >= 11 is 0. The number of benzene rings is 1. The van der Waals surface area contributed by atoms with E-state index >= 15 is 0 Å². The Kier molecular flexibility index (Phi) is 3.99. The normalized spacial score (nSPS) is 13.0. The molecule has 0 bridgehead atoms. The van der Waals surface area contributed by atoms with E-state index in [0.717, 1.165) is 28.4 Å². The average molecular weight is 338 g/mol. The second kappa shape index (κ2) is 6.45. The van der Waals surface area contributed by atoms with Gasteiger partial charge in [-0.05, 0) is 30.3 Å². The first-order valence-corrected chi connectivity index (χ1v) is 8.11. The topological polar surface area (TPSA) is 90.9 Å². The quantitative estimate of drug-likeness (QED) is 0.760. The third kappa shape index (κ3) is 3.14. The SMILES string of the molecule is NCCC(=O)Nc1ccc2nc(-c3ccc4c(c3)OCCO4)cn2c1. The van der Waals surface area contributed by atoms with Crippen LogP contribution >= 0.6 is 0 Å². The Bertz CT molecular complexity index is 935. The zero-order chi connectivity index (χ0) is 17.2. The summed E-state index contributed by atoms with van der Waals surface area (Å²) < 4.78 is 13.1. The molecule has 0 saturated carbocycles. The largest absolute Gasteiger partial charge is 0.486 e. The van der Waals surface area contributed by atoms with Gasteiger partial charge in [-0.15, -0.1) is 0 Å². The molecule has 2 aromatic heterocycles. The Hall–Kier alpha value is -3.06. The Balaban J connectivity index is 1.64. The Morgan fingerprint density at radius 1 is 1.16 bits per heavy atom. The molecule has 0 radical (unpaired) electrons. The molecule has 4 rings (SSSR count). The Labute approximate surface area is 144 Å². The second-order valence-corrected chi connectivity index (χ2v) is 5.75. The zero-order valence-electron chi connectivity index (χ0n) is 13.6. The molecule has 3 aromatic rings. The van der Waals surface area contributed by atoms with E-state index in [9.17, 15) is 4.79 Å². The molecule has 3 heterocycles. The summed E-state index contributed by atoms with van der Waals surface area (Å²) in [6.07, 6.45) is 4.04. The number of carbonyl (C=O) groups excluding carboxylic acids is 1. The van der Waals surface area contributed by atoms with Crippen LogP contribution in [0.15, 0.2) is 42.7 Å². The number of pyridine rings is 1. The number of carbonyl (C=O) groups is 1. The van der Waals surface area contributed by atoms with Crippen LogP contribution < -0.4 is 20.5 Å². The highest BCUT2D eigenvalue weighted by atomic mass is 16.6. The first kappa shape index (κ1) is 15.5. The summed E-state index contributed by atoms with van der Waals surface area (Å²) in [5.41, 5.74) is 8.66. The predicted octanol–water partition coefficient (Wildman–Crippen LogP) is 2.06. The van der Waals surface area contributed by atoms with Crippen molar-refractivity contribution in [1.29, 1.82) is 0 Å². The molecular formula is C18H18N4O3. The van der Waals surface area contributed by atoms with Crippen molar-refractivity contribution >= 4 is 17.2 Å². The van der Waals surface area contributed by atoms with Crippen LogP contribution in [0.2, 0.25) is 0 Å². The number of hydrogen-bond donors (Lipinski definition) is 2. The van der Waals surface area contributed by atoms with E-state index in [1.54, 1.807) is 0 Å². The van der Waals surface area contributed by atoms with Crippen molar-refractivity contribution in [3.05, 3.63) is 42.7 Å². The van der Waals surface area contributed by atoms with Gasteiger partial charge in [0.05, 0.1) is 11.4 Å². The summed E-state index contributed by atoms with van der Waals surface area (Å²) in [6.45, 7) is 1.44. The molecule has 1 aliphatic rings. The van der Waals surface area contributed by atoms with E-state index in [2.05, 4.69) is 10.3 Å². The smallest absolute Gasteiger partial charge is 0.225 e. The van der Waals surface area contributed by atoms with Crippen molar-refractivity contribution in [2.45, 2.75) is 6.42 Å². The van der Waals surface area contributed by atoms with Crippen LogP contribution in [0.25, 0.3) is 16.9 Å². The fourth-order valence-corrected chi connectivity index (χ4v) is 2.76. The highest BCUT2D eigenvalue weighted by molar-refractivity contribution is 5.90. The van der Waals surface area contributed by atoms with Crippen LogP contribution in [0, 0.1) is 0 Å². The molecule has 1 aromatic carbocycles. The van der Waals surface area contributed by atoms with Gasteiger partial charge < -0.3 is 24.9 Å². The Morgan fingerprint density at radius 3 is 2.84 bits per heavy atom. The van der Waals surface area contributed by atoms with Crippen LogP contribution in [-0.4, -0.2) is 35.1 Å². The van der Waals surface area contributed by atoms with E-state index in [0.29, 0.717) is 31.9 Å². The maximum atomic E-state index is 11.7. The fraction of sp³-hybridized carbons (Fsp3) is 0.222. The molecule has 128 valence electrons. The summed E-state index contributed by atoms with van der Waals surface area (Å²) in [5, 5.41) is 2.82. The number of imidazole rings is 1. The molecule has 1 amide bonds. The number of nitrogens with one attached hydrogen (secondary N) is 1. The lowest BCUT2D eigenvalue weighted by Gasteiger charge is -2.18. The van der Waals surface area contributed by atoms with Gasteiger partial charge in [0.15, 0.2) is 11.5 Å².